The van der Waals surface area contributed by atoms with Gasteiger partial charge in [-0.25, -0.2) is 0 Å². The summed E-state index contributed by atoms with van der Waals surface area (Å²) in [5.41, 5.74) is 0.252. The molecule has 1 saturated heterocycles. The fourth-order valence-corrected chi connectivity index (χ4v) is 8.15. The molecule has 5 aliphatic rings. The van der Waals surface area contributed by atoms with Crippen molar-refractivity contribution in [3.05, 3.63) is 0 Å². The van der Waals surface area contributed by atoms with Gasteiger partial charge in [-0.1, -0.05) is 27.2 Å². The summed E-state index contributed by atoms with van der Waals surface area (Å²) in [6, 6.07) is 0. The average Bonchev–Trinajstić information content (AvgIpc) is 3.05. The Morgan fingerprint density at radius 3 is 2.38 bits per heavy atom. The second kappa shape index (κ2) is 5.35. The minimum atomic E-state index is -0.484. The first-order valence-electron chi connectivity index (χ1n) is 11.0. The maximum Gasteiger partial charge on any atom is 0.163 e. The quantitative estimate of drug-likeness (QED) is 0.611. The molecule has 1 heterocycles. The van der Waals surface area contributed by atoms with E-state index in [4.69, 9.17) is 9.47 Å². The number of hydrogen-bond acceptors (Lipinski definition) is 3. The van der Waals surface area contributed by atoms with Gasteiger partial charge in [-0.15, -0.1) is 0 Å². The van der Waals surface area contributed by atoms with Gasteiger partial charge in [-0.05, 0) is 81.0 Å². The second-order valence-corrected chi connectivity index (χ2v) is 11.3. The maximum absolute atomic E-state index is 12.8. The van der Waals surface area contributed by atoms with E-state index in [1.807, 2.05) is 0 Å². The Hall–Kier alpha value is -0.410. The highest BCUT2D eigenvalue weighted by Gasteiger charge is 2.68. The van der Waals surface area contributed by atoms with Crippen LogP contribution in [0.1, 0.15) is 79.6 Å². The van der Waals surface area contributed by atoms with E-state index >= 15 is 0 Å². The predicted octanol–water partition coefficient (Wildman–Crippen LogP) is 4.97. The number of ketones is 1. The Balaban J connectivity index is 1.59. The van der Waals surface area contributed by atoms with Crippen LogP contribution in [0.3, 0.4) is 0 Å². The van der Waals surface area contributed by atoms with Gasteiger partial charge in [0.05, 0.1) is 12.2 Å². The summed E-state index contributed by atoms with van der Waals surface area (Å²) in [5, 5.41) is 0. The molecule has 1 aliphatic heterocycles. The third kappa shape index (κ3) is 2.16. The van der Waals surface area contributed by atoms with E-state index in [9.17, 15) is 4.79 Å². The van der Waals surface area contributed by atoms with Crippen LogP contribution in [0, 0.1) is 40.4 Å². The normalized spacial score (nSPS) is 57.9. The summed E-state index contributed by atoms with van der Waals surface area (Å²) in [5.74, 6) is 3.13. The highest BCUT2D eigenvalue weighted by molar-refractivity contribution is 5.87. The highest BCUT2D eigenvalue weighted by atomic mass is 16.8. The standard InChI is InChI=1S/C23H36O3/c1-13-8-10-22(4)15-9-11-23(5)14(6-7-17(23)24)18(15)20-19(16(22)12-13)25-21(2,3)26-20/h13-16,18-20H,6-12H2,1-5H3/t13-,14-,15-,16+,18-,19+,20+,22+,23-/m0/s1. The van der Waals surface area contributed by atoms with Gasteiger partial charge in [0.15, 0.2) is 5.79 Å². The Morgan fingerprint density at radius 1 is 0.885 bits per heavy atom. The Kier molecular flexibility index (Phi) is 3.63. The molecule has 5 rings (SSSR count). The summed E-state index contributed by atoms with van der Waals surface area (Å²) in [7, 11) is 0. The van der Waals surface area contributed by atoms with Crippen molar-refractivity contribution in [2.75, 3.05) is 0 Å². The van der Waals surface area contributed by atoms with Crippen LogP contribution in [-0.2, 0) is 14.3 Å². The lowest BCUT2D eigenvalue weighted by atomic mass is 9.43. The molecule has 0 radical (unpaired) electrons. The van der Waals surface area contributed by atoms with Crippen LogP contribution in [0.4, 0.5) is 0 Å². The molecule has 26 heavy (non-hydrogen) atoms. The zero-order chi connectivity index (χ0) is 18.5. The molecule has 0 aromatic heterocycles. The molecular formula is C23H36O3. The van der Waals surface area contributed by atoms with Crippen molar-refractivity contribution in [1.82, 2.24) is 0 Å². The summed E-state index contributed by atoms with van der Waals surface area (Å²) in [4.78, 5) is 12.8. The molecule has 146 valence electrons. The monoisotopic (exact) mass is 360 g/mol. The second-order valence-electron chi connectivity index (χ2n) is 11.3. The number of rotatable bonds is 0. The van der Waals surface area contributed by atoms with E-state index in [1.165, 1.54) is 25.7 Å². The predicted molar refractivity (Wildman–Crippen MR) is 100 cm³/mol. The van der Waals surface area contributed by atoms with Crippen molar-refractivity contribution in [3.63, 3.8) is 0 Å². The molecule has 0 aromatic rings. The van der Waals surface area contributed by atoms with Crippen LogP contribution in [0.15, 0.2) is 0 Å². The number of carbonyl (C=O) groups excluding carboxylic acids is 1. The molecule has 0 amide bonds. The van der Waals surface area contributed by atoms with Gasteiger partial charge in [-0.3, -0.25) is 4.79 Å². The molecule has 3 nitrogen and oxygen atoms in total. The van der Waals surface area contributed by atoms with Gasteiger partial charge >= 0.3 is 0 Å². The van der Waals surface area contributed by atoms with Gasteiger partial charge in [-0.2, -0.15) is 0 Å². The average molecular weight is 361 g/mol. The van der Waals surface area contributed by atoms with Gasteiger partial charge in [0.2, 0.25) is 0 Å². The molecule has 0 N–H and O–H groups in total. The summed E-state index contributed by atoms with van der Waals surface area (Å²) >= 11 is 0. The van der Waals surface area contributed by atoms with Crippen LogP contribution in [-0.4, -0.2) is 23.8 Å². The largest absolute Gasteiger partial charge is 0.344 e. The number of hydrogen-bond donors (Lipinski definition) is 0. The fraction of sp³-hybridized carbons (Fsp3) is 0.957. The smallest absolute Gasteiger partial charge is 0.163 e. The van der Waals surface area contributed by atoms with Crippen molar-refractivity contribution in [2.45, 2.75) is 97.6 Å². The number of carbonyl (C=O) groups is 1. The molecule has 0 aromatic carbocycles. The lowest BCUT2D eigenvalue weighted by Crippen LogP contribution is -2.63. The Bertz CT molecular complexity index is 627. The lowest BCUT2D eigenvalue weighted by molar-refractivity contribution is -0.181. The van der Waals surface area contributed by atoms with Crippen LogP contribution < -0.4 is 0 Å². The first-order valence-corrected chi connectivity index (χ1v) is 11.0. The van der Waals surface area contributed by atoms with Gasteiger partial charge in [0.25, 0.3) is 0 Å². The fourth-order valence-electron chi connectivity index (χ4n) is 8.15. The van der Waals surface area contributed by atoms with E-state index in [0.717, 1.165) is 25.2 Å². The van der Waals surface area contributed by atoms with Crippen molar-refractivity contribution < 1.29 is 14.3 Å². The number of ether oxygens (including phenoxy) is 2. The van der Waals surface area contributed by atoms with Gasteiger partial charge < -0.3 is 9.47 Å². The Morgan fingerprint density at radius 2 is 1.62 bits per heavy atom. The molecule has 3 heteroatoms. The minimum absolute atomic E-state index is 0.104. The summed E-state index contributed by atoms with van der Waals surface area (Å²) in [6.45, 7) is 11.4. The van der Waals surface area contributed by atoms with Crippen LogP contribution in [0.2, 0.25) is 0 Å². The first-order chi connectivity index (χ1) is 12.2. The molecule has 5 fully saturated rings. The minimum Gasteiger partial charge on any atom is -0.344 e. The third-order valence-corrected chi connectivity index (χ3v) is 9.51. The number of fused-ring (bicyclic) bond motifs is 8. The summed E-state index contributed by atoms with van der Waals surface area (Å²) in [6.07, 6.45) is 8.51. The number of Topliss-reactive ketones (excluding diaryl/α,β-unsaturated/α-hetero) is 1. The van der Waals surface area contributed by atoms with Crippen LogP contribution in [0.25, 0.3) is 0 Å². The van der Waals surface area contributed by atoms with Gasteiger partial charge in [0.1, 0.15) is 5.78 Å². The molecular weight excluding hydrogens is 324 g/mol. The third-order valence-electron chi connectivity index (χ3n) is 9.51. The van der Waals surface area contributed by atoms with E-state index in [2.05, 4.69) is 34.6 Å². The van der Waals surface area contributed by atoms with E-state index in [-0.39, 0.29) is 17.6 Å². The van der Waals surface area contributed by atoms with Crippen molar-refractivity contribution >= 4 is 5.78 Å². The van der Waals surface area contributed by atoms with Crippen molar-refractivity contribution in [3.8, 4) is 0 Å². The zero-order valence-corrected chi connectivity index (χ0v) is 17.2. The van der Waals surface area contributed by atoms with Crippen LogP contribution >= 0.6 is 0 Å². The topological polar surface area (TPSA) is 35.5 Å². The van der Waals surface area contributed by atoms with Crippen molar-refractivity contribution in [2.24, 2.45) is 40.4 Å². The lowest BCUT2D eigenvalue weighted by Gasteiger charge is -2.62. The molecule has 9 atom stereocenters. The molecule has 0 bridgehead atoms. The molecule has 0 spiro atoms. The van der Waals surface area contributed by atoms with E-state index < -0.39 is 5.79 Å². The maximum atomic E-state index is 12.8. The summed E-state index contributed by atoms with van der Waals surface area (Å²) < 4.78 is 13.2. The molecule has 0 unspecified atom stereocenters. The van der Waals surface area contributed by atoms with E-state index in [0.29, 0.717) is 34.9 Å². The zero-order valence-electron chi connectivity index (χ0n) is 17.2. The van der Waals surface area contributed by atoms with E-state index in [1.54, 1.807) is 0 Å². The molecule has 4 saturated carbocycles. The SMILES string of the molecule is C[C@H]1CC[C@@]2(C)[C@H](C1)[C@H]1OC(C)(C)O[C@@H]1[C@@H]1[C@@H]2CC[C@]2(C)C(=O)CC[C@@H]12. The first kappa shape index (κ1) is 17.7. The van der Waals surface area contributed by atoms with Crippen molar-refractivity contribution in [1.29, 1.82) is 0 Å². The van der Waals surface area contributed by atoms with Gasteiger partial charge in [0, 0.05) is 11.8 Å². The molecule has 4 aliphatic carbocycles. The van der Waals surface area contributed by atoms with Crippen LogP contribution in [0.5, 0.6) is 0 Å². The Labute approximate surface area is 158 Å². The highest BCUT2D eigenvalue weighted by Crippen LogP contribution is 2.68.